The third-order valence-corrected chi connectivity index (χ3v) is 0.729. The SMILES string of the molecule is [CH2]CCC#CCC[CH2]. The standard InChI is InChI=1S/C8H12/c1-3-5-7-8-6-4-2/h1-6H2. The van der Waals surface area contributed by atoms with Gasteiger partial charge in [0.15, 0.2) is 0 Å². The normalized spacial score (nSPS) is 7.75. The van der Waals surface area contributed by atoms with Crippen molar-refractivity contribution in [1.29, 1.82) is 0 Å². The van der Waals surface area contributed by atoms with Gasteiger partial charge in [-0.05, 0) is 12.8 Å². The molecule has 0 saturated carbocycles. The Balaban J connectivity index is 2.95. The molecule has 0 unspecified atom stereocenters. The van der Waals surface area contributed by atoms with Crippen molar-refractivity contribution in [3.8, 4) is 11.8 Å². The van der Waals surface area contributed by atoms with E-state index in [1.54, 1.807) is 0 Å². The quantitative estimate of drug-likeness (QED) is 0.476. The predicted molar refractivity (Wildman–Crippen MR) is 37.0 cm³/mol. The van der Waals surface area contributed by atoms with Crippen LogP contribution in [0.15, 0.2) is 0 Å². The smallest absolute Gasteiger partial charge is 0.00886 e. The van der Waals surface area contributed by atoms with Gasteiger partial charge in [-0.2, -0.15) is 0 Å². The molecule has 0 amide bonds. The summed E-state index contributed by atoms with van der Waals surface area (Å²) in [6, 6.07) is 0. The first-order chi connectivity index (χ1) is 3.91. The number of hydrogen-bond acceptors (Lipinski definition) is 0. The molecule has 0 aliphatic heterocycles. The molecule has 0 saturated heterocycles. The minimum atomic E-state index is 0.921. The second-order valence-electron chi connectivity index (χ2n) is 1.56. The highest BCUT2D eigenvalue weighted by Gasteiger charge is 1.70. The summed E-state index contributed by atoms with van der Waals surface area (Å²) in [4.78, 5) is 0. The van der Waals surface area contributed by atoms with E-state index in [1.165, 1.54) is 0 Å². The topological polar surface area (TPSA) is 0 Å². The van der Waals surface area contributed by atoms with Gasteiger partial charge in [0.2, 0.25) is 0 Å². The van der Waals surface area contributed by atoms with Gasteiger partial charge in [0.25, 0.3) is 0 Å². The van der Waals surface area contributed by atoms with Crippen molar-refractivity contribution in [2.75, 3.05) is 0 Å². The maximum absolute atomic E-state index is 3.67. The Hall–Kier alpha value is -0.440. The highest BCUT2D eigenvalue weighted by molar-refractivity contribution is 4.98. The van der Waals surface area contributed by atoms with Crippen LogP contribution in [0.3, 0.4) is 0 Å². The minimum Gasteiger partial charge on any atom is -0.103 e. The summed E-state index contributed by atoms with van der Waals surface area (Å²) in [7, 11) is 0. The lowest BCUT2D eigenvalue weighted by Crippen LogP contribution is -1.63. The van der Waals surface area contributed by atoms with Crippen LogP contribution >= 0.6 is 0 Å². The third-order valence-electron chi connectivity index (χ3n) is 0.729. The van der Waals surface area contributed by atoms with E-state index in [-0.39, 0.29) is 0 Å². The van der Waals surface area contributed by atoms with Crippen LogP contribution < -0.4 is 0 Å². The van der Waals surface area contributed by atoms with Crippen molar-refractivity contribution in [2.24, 2.45) is 0 Å². The predicted octanol–water partition coefficient (Wildman–Crippen LogP) is 2.22. The Labute approximate surface area is 52.3 Å². The molecule has 0 spiro atoms. The van der Waals surface area contributed by atoms with Gasteiger partial charge >= 0.3 is 0 Å². The fourth-order valence-electron chi connectivity index (χ4n) is 0.354. The fraction of sp³-hybridized carbons (Fsp3) is 0.500. The molecule has 0 N–H and O–H groups in total. The largest absolute Gasteiger partial charge is 0.103 e. The number of unbranched alkanes of at least 4 members (excludes halogenated alkanes) is 2. The van der Waals surface area contributed by atoms with Crippen LogP contribution in [-0.2, 0) is 0 Å². The Morgan fingerprint density at radius 3 is 1.50 bits per heavy atom. The zero-order valence-corrected chi connectivity index (χ0v) is 5.24. The van der Waals surface area contributed by atoms with E-state index in [0.29, 0.717) is 0 Å². The van der Waals surface area contributed by atoms with Gasteiger partial charge in [0.1, 0.15) is 0 Å². The molecule has 0 fully saturated rings. The second-order valence-corrected chi connectivity index (χ2v) is 1.56. The van der Waals surface area contributed by atoms with Crippen LogP contribution in [0.1, 0.15) is 25.7 Å². The average molecular weight is 108 g/mol. The fourth-order valence-corrected chi connectivity index (χ4v) is 0.354. The highest BCUT2D eigenvalue weighted by atomic mass is 13.7. The van der Waals surface area contributed by atoms with Crippen molar-refractivity contribution < 1.29 is 0 Å². The van der Waals surface area contributed by atoms with E-state index in [4.69, 9.17) is 0 Å². The number of rotatable bonds is 2. The molecule has 0 rings (SSSR count). The molecule has 0 aromatic rings. The molecule has 0 bridgehead atoms. The zero-order chi connectivity index (χ0) is 6.24. The van der Waals surface area contributed by atoms with Crippen LogP contribution in [0.2, 0.25) is 0 Å². The Morgan fingerprint density at radius 2 is 1.25 bits per heavy atom. The highest BCUT2D eigenvalue weighted by Crippen LogP contribution is 1.84. The van der Waals surface area contributed by atoms with E-state index in [1.807, 2.05) is 0 Å². The number of hydrogen-bond donors (Lipinski definition) is 0. The second kappa shape index (κ2) is 6.56. The van der Waals surface area contributed by atoms with Crippen LogP contribution in [0.4, 0.5) is 0 Å². The molecule has 0 aliphatic rings. The van der Waals surface area contributed by atoms with Crippen LogP contribution in [-0.4, -0.2) is 0 Å². The van der Waals surface area contributed by atoms with Crippen LogP contribution in [0, 0.1) is 25.7 Å². The van der Waals surface area contributed by atoms with Gasteiger partial charge < -0.3 is 0 Å². The van der Waals surface area contributed by atoms with Gasteiger partial charge in [-0.3, -0.25) is 0 Å². The summed E-state index contributed by atoms with van der Waals surface area (Å²) < 4.78 is 0. The van der Waals surface area contributed by atoms with E-state index >= 15 is 0 Å². The lowest BCUT2D eigenvalue weighted by Gasteiger charge is -1.77. The average Bonchev–Trinajstić information content (AvgIpc) is 1.81. The molecule has 0 aliphatic carbocycles. The molecule has 0 nitrogen and oxygen atoms in total. The van der Waals surface area contributed by atoms with Crippen LogP contribution in [0.25, 0.3) is 0 Å². The molecule has 8 heavy (non-hydrogen) atoms. The van der Waals surface area contributed by atoms with Gasteiger partial charge in [0, 0.05) is 12.8 Å². The first-order valence-electron chi connectivity index (χ1n) is 2.96. The Morgan fingerprint density at radius 1 is 0.875 bits per heavy atom. The van der Waals surface area contributed by atoms with Gasteiger partial charge in [-0.15, -0.1) is 11.8 Å². The van der Waals surface area contributed by atoms with Crippen LogP contribution in [0.5, 0.6) is 0 Å². The minimum absolute atomic E-state index is 0.921. The molecule has 0 heteroatoms. The van der Waals surface area contributed by atoms with Crippen molar-refractivity contribution >= 4 is 0 Å². The molecule has 0 heterocycles. The van der Waals surface area contributed by atoms with Crippen molar-refractivity contribution in [3.05, 3.63) is 13.8 Å². The molecule has 0 atom stereocenters. The van der Waals surface area contributed by atoms with Crippen molar-refractivity contribution in [1.82, 2.24) is 0 Å². The summed E-state index contributed by atoms with van der Waals surface area (Å²) in [5.74, 6) is 5.97. The lowest BCUT2D eigenvalue weighted by molar-refractivity contribution is 1.05. The monoisotopic (exact) mass is 108 g/mol. The van der Waals surface area contributed by atoms with E-state index in [9.17, 15) is 0 Å². The van der Waals surface area contributed by atoms with E-state index in [2.05, 4.69) is 25.7 Å². The first kappa shape index (κ1) is 7.56. The summed E-state index contributed by atoms with van der Waals surface area (Å²) in [6.07, 6.45) is 3.70. The van der Waals surface area contributed by atoms with E-state index in [0.717, 1.165) is 25.7 Å². The maximum Gasteiger partial charge on any atom is 0.00886 e. The van der Waals surface area contributed by atoms with Crippen molar-refractivity contribution in [2.45, 2.75) is 25.7 Å². The van der Waals surface area contributed by atoms with E-state index < -0.39 is 0 Å². The molecular formula is C8H12. The molecule has 44 valence electrons. The Kier molecular flexibility index (Phi) is 6.20. The van der Waals surface area contributed by atoms with Gasteiger partial charge in [-0.1, -0.05) is 13.8 Å². The lowest BCUT2D eigenvalue weighted by atomic mass is 10.3. The maximum atomic E-state index is 3.67. The molecule has 0 aromatic heterocycles. The summed E-state index contributed by atoms with van der Waals surface area (Å²) in [5, 5.41) is 0. The van der Waals surface area contributed by atoms with Gasteiger partial charge in [0.05, 0.1) is 0 Å². The molecule has 2 radical (unpaired) electrons. The summed E-state index contributed by atoms with van der Waals surface area (Å²) >= 11 is 0. The molecular weight excluding hydrogens is 96.1 g/mol. The summed E-state index contributed by atoms with van der Waals surface area (Å²) in [6.45, 7) is 7.33. The van der Waals surface area contributed by atoms with Crippen molar-refractivity contribution in [3.63, 3.8) is 0 Å². The molecule has 0 aromatic carbocycles. The first-order valence-corrected chi connectivity index (χ1v) is 2.96. The third kappa shape index (κ3) is 5.56. The zero-order valence-electron chi connectivity index (χ0n) is 5.24. The summed E-state index contributed by atoms with van der Waals surface area (Å²) in [5.41, 5.74) is 0. The Bertz CT molecular complexity index is 71.9. The van der Waals surface area contributed by atoms with Gasteiger partial charge in [-0.25, -0.2) is 0 Å².